The molecule has 0 aromatic carbocycles. The highest BCUT2D eigenvalue weighted by Crippen LogP contribution is 2.01. The molecule has 1 aromatic rings. The maximum atomic E-state index is 11.8. The van der Waals surface area contributed by atoms with Crippen LogP contribution in [-0.2, 0) is 11.2 Å². The predicted molar refractivity (Wildman–Crippen MR) is 72.9 cm³/mol. The zero-order chi connectivity index (χ0) is 13.4. The third kappa shape index (κ3) is 4.82. The Morgan fingerprint density at radius 3 is 2.83 bits per heavy atom. The first-order valence-electron chi connectivity index (χ1n) is 5.79. The highest BCUT2D eigenvalue weighted by molar-refractivity contribution is 6.03. The van der Waals surface area contributed by atoms with Crippen molar-refractivity contribution in [2.24, 2.45) is 0 Å². The standard InChI is InChI=1S/C14H19N3O/c1-15-13(14(18)8-10-17(2)3)7-6-12-5-4-9-16-11-12/h4-5,7-11,15H,6H2,1-3H3/b10-8+,13-7-. The monoisotopic (exact) mass is 245 g/mol. The summed E-state index contributed by atoms with van der Waals surface area (Å²) in [7, 11) is 5.50. The van der Waals surface area contributed by atoms with Gasteiger partial charge < -0.3 is 10.2 Å². The summed E-state index contributed by atoms with van der Waals surface area (Å²) < 4.78 is 0. The van der Waals surface area contributed by atoms with Gasteiger partial charge in [-0.1, -0.05) is 12.1 Å². The number of pyridine rings is 1. The third-order valence-electron chi connectivity index (χ3n) is 2.32. The molecule has 0 bridgehead atoms. The van der Waals surface area contributed by atoms with E-state index in [2.05, 4.69) is 10.3 Å². The zero-order valence-corrected chi connectivity index (χ0v) is 11.1. The second kappa shape index (κ2) is 7.27. The molecule has 0 fully saturated rings. The van der Waals surface area contributed by atoms with Gasteiger partial charge >= 0.3 is 0 Å². The highest BCUT2D eigenvalue weighted by Gasteiger charge is 2.03. The van der Waals surface area contributed by atoms with Gasteiger partial charge in [-0.3, -0.25) is 9.78 Å². The van der Waals surface area contributed by atoms with Gasteiger partial charge in [0.1, 0.15) is 0 Å². The van der Waals surface area contributed by atoms with Gasteiger partial charge in [-0.15, -0.1) is 0 Å². The molecule has 0 atom stereocenters. The fourth-order valence-electron chi connectivity index (χ4n) is 1.37. The van der Waals surface area contributed by atoms with Crippen molar-refractivity contribution in [3.63, 3.8) is 0 Å². The quantitative estimate of drug-likeness (QED) is 0.769. The Hall–Kier alpha value is -2.10. The molecule has 0 saturated carbocycles. The number of aromatic nitrogens is 1. The number of nitrogens with zero attached hydrogens (tertiary/aromatic N) is 2. The van der Waals surface area contributed by atoms with Crippen LogP contribution >= 0.6 is 0 Å². The topological polar surface area (TPSA) is 45.2 Å². The smallest absolute Gasteiger partial charge is 0.202 e. The number of likely N-dealkylation sites (N-methyl/N-ethyl adjacent to an activating group) is 1. The van der Waals surface area contributed by atoms with Gasteiger partial charge in [0.15, 0.2) is 0 Å². The fraction of sp³-hybridized carbons (Fsp3) is 0.286. The maximum absolute atomic E-state index is 11.8. The molecule has 1 rings (SSSR count). The molecule has 0 spiro atoms. The molecular weight excluding hydrogens is 226 g/mol. The van der Waals surface area contributed by atoms with Crippen molar-refractivity contribution in [1.29, 1.82) is 0 Å². The van der Waals surface area contributed by atoms with E-state index in [0.717, 1.165) is 5.56 Å². The largest absolute Gasteiger partial charge is 0.385 e. The molecule has 4 nitrogen and oxygen atoms in total. The molecule has 0 aliphatic heterocycles. The van der Waals surface area contributed by atoms with Crippen LogP contribution in [-0.4, -0.2) is 36.8 Å². The second-order valence-electron chi connectivity index (χ2n) is 4.08. The van der Waals surface area contributed by atoms with E-state index in [1.54, 1.807) is 31.7 Å². The van der Waals surface area contributed by atoms with Crippen LogP contribution in [0.1, 0.15) is 5.56 Å². The summed E-state index contributed by atoms with van der Waals surface area (Å²) in [5, 5.41) is 2.92. The molecule has 0 amide bonds. The highest BCUT2D eigenvalue weighted by atomic mass is 16.1. The van der Waals surface area contributed by atoms with Crippen molar-refractivity contribution in [3.8, 4) is 0 Å². The Morgan fingerprint density at radius 1 is 1.50 bits per heavy atom. The van der Waals surface area contributed by atoms with Crippen LogP contribution in [0.3, 0.4) is 0 Å². The van der Waals surface area contributed by atoms with Crippen LogP contribution in [0.15, 0.2) is 48.6 Å². The van der Waals surface area contributed by atoms with Crippen molar-refractivity contribution >= 4 is 5.78 Å². The summed E-state index contributed by atoms with van der Waals surface area (Å²) in [4.78, 5) is 17.7. The van der Waals surface area contributed by atoms with Gasteiger partial charge in [0.25, 0.3) is 0 Å². The summed E-state index contributed by atoms with van der Waals surface area (Å²) in [5.74, 6) is -0.0323. The van der Waals surface area contributed by atoms with Crippen molar-refractivity contribution in [3.05, 3.63) is 54.1 Å². The Labute approximate surface area is 108 Å². The summed E-state index contributed by atoms with van der Waals surface area (Å²) >= 11 is 0. The van der Waals surface area contributed by atoms with E-state index in [1.165, 1.54) is 0 Å². The molecule has 96 valence electrons. The number of hydrogen-bond donors (Lipinski definition) is 1. The second-order valence-corrected chi connectivity index (χ2v) is 4.08. The van der Waals surface area contributed by atoms with Crippen molar-refractivity contribution in [2.45, 2.75) is 6.42 Å². The van der Waals surface area contributed by atoms with Crippen LogP contribution < -0.4 is 5.32 Å². The van der Waals surface area contributed by atoms with Crippen LogP contribution in [0, 0.1) is 0 Å². The van der Waals surface area contributed by atoms with E-state index < -0.39 is 0 Å². The molecule has 1 N–H and O–H groups in total. The zero-order valence-electron chi connectivity index (χ0n) is 11.1. The molecule has 4 heteroatoms. The Kier molecular flexibility index (Phi) is 5.64. The van der Waals surface area contributed by atoms with Crippen LogP contribution in [0.2, 0.25) is 0 Å². The van der Waals surface area contributed by atoms with Gasteiger partial charge in [0.2, 0.25) is 5.78 Å². The van der Waals surface area contributed by atoms with E-state index in [-0.39, 0.29) is 5.78 Å². The molecule has 0 radical (unpaired) electrons. The molecular formula is C14H19N3O. The summed E-state index contributed by atoms with van der Waals surface area (Å²) in [6.07, 6.45) is 9.37. The van der Waals surface area contributed by atoms with Gasteiger partial charge in [-0.2, -0.15) is 0 Å². The Bertz CT molecular complexity index is 436. The van der Waals surface area contributed by atoms with Gasteiger partial charge in [-0.05, 0) is 18.1 Å². The molecule has 0 aliphatic rings. The van der Waals surface area contributed by atoms with E-state index in [0.29, 0.717) is 12.1 Å². The summed E-state index contributed by atoms with van der Waals surface area (Å²) in [6, 6.07) is 3.87. The van der Waals surface area contributed by atoms with Gasteiger partial charge in [-0.25, -0.2) is 0 Å². The van der Waals surface area contributed by atoms with E-state index in [1.807, 2.05) is 37.2 Å². The normalized spacial score (nSPS) is 11.6. The molecule has 1 heterocycles. The Morgan fingerprint density at radius 2 is 2.28 bits per heavy atom. The minimum Gasteiger partial charge on any atom is -0.385 e. The van der Waals surface area contributed by atoms with Gasteiger partial charge in [0, 0.05) is 45.8 Å². The predicted octanol–water partition coefficient (Wildman–Crippen LogP) is 1.37. The van der Waals surface area contributed by atoms with Crippen molar-refractivity contribution in [2.75, 3.05) is 21.1 Å². The van der Waals surface area contributed by atoms with Crippen LogP contribution in [0.25, 0.3) is 0 Å². The minimum atomic E-state index is -0.0323. The lowest BCUT2D eigenvalue weighted by atomic mass is 10.1. The third-order valence-corrected chi connectivity index (χ3v) is 2.32. The molecule has 1 aromatic heterocycles. The van der Waals surface area contributed by atoms with Crippen LogP contribution in [0.4, 0.5) is 0 Å². The first-order valence-corrected chi connectivity index (χ1v) is 5.79. The summed E-state index contributed by atoms with van der Waals surface area (Å²) in [5.41, 5.74) is 1.67. The van der Waals surface area contributed by atoms with Crippen LogP contribution in [0.5, 0.6) is 0 Å². The lowest BCUT2D eigenvalue weighted by molar-refractivity contribution is -0.111. The molecule has 0 saturated heterocycles. The number of nitrogens with one attached hydrogen (secondary N) is 1. The first-order chi connectivity index (χ1) is 8.63. The molecule has 18 heavy (non-hydrogen) atoms. The Balaban J connectivity index is 2.68. The lowest BCUT2D eigenvalue weighted by Crippen LogP contribution is -2.15. The minimum absolute atomic E-state index is 0.0323. The SMILES string of the molecule is CN/C(=C\Cc1cccnc1)C(=O)/C=C/N(C)C. The number of carbonyl (C=O) groups excluding carboxylic acids is 1. The number of allylic oxidation sites excluding steroid dienone is 2. The van der Waals surface area contributed by atoms with E-state index >= 15 is 0 Å². The first kappa shape index (κ1) is 14.0. The van der Waals surface area contributed by atoms with Gasteiger partial charge in [0.05, 0.1) is 5.70 Å². The number of hydrogen-bond acceptors (Lipinski definition) is 4. The fourth-order valence-corrected chi connectivity index (χ4v) is 1.37. The van der Waals surface area contributed by atoms with E-state index in [9.17, 15) is 4.79 Å². The number of carbonyl (C=O) groups is 1. The number of ketones is 1. The summed E-state index contributed by atoms with van der Waals surface area (Å²) in [6.45, 7) is 0. The van der Waals surface area contributed by atoms with Crippen molar-refractivity contribution in [1.82, 2.24) is 15.2 Å². The number of rotatable bonds is 6. The molecule has 0 unspecified atom stereocenters. The van der Waals surface area contributed by atoms with Crippen molar-refractivity contribution < 1.29 is 4.79 Å². The average Bonchev–Trinajstić information content (AvgIpc) is 2.38. The molecule has 0 aliphatic carbocycles. The van der Waals surface area contributed by atoms with E-state index in [4.69, 9.17) is 0 Å². The lowest BCUT2D eigenvalue weighted by Gasteiger charge is -2.05. The average molecular weight is 245 g/mol. The maximum Gasteiger partial charge on any atom is 0.202 e.